The van der Waals surface area contributed by atoms with E-state index >= 15 is 0 Å². The number of hydrogen-bond donors (Lipinski definition) is 0. The molecule has 0 saturated carbocycles. The van der Waals surface area contributed by atoms with E-state index in [1.165, 1.54) is 82.4 Å². The van der Waals surface area contributed by atoms with E-state index in [-0.39, 0.29) is 0 Å². The Balaban J connectivity index is 1.14. The van der Waals surface area contributed by atoms with Crippen molar-refractivity contribution >= 4 is 32.3 Å². The topological polar surface area (TPSA) is 9.23 Å². The second-order valence-electron chi connectivity index (χ2n) is 12.8. The van der Waals surface area contributed by atoms with Gasteiger partial charge in [-0.2, -0.15) is 0 Å². The van der Waals surface area contributed by atoms with Gasteiger partial charge in [-0.1, -0.05) is 170 Å². The fourth-order valence-corrected chi connectivity index (χ4v) is 7.84. The van der Waals surface area contributed by atoms with Crippen LogP contribution in [0.2, 0.25) is 0 Å². The first-order chi connectivity index (χ1) is 24.3. The lowest BCUT2D eigenvalue weighted by atomic mass is 9.83. The van der Waals surface area contributed by atoms with Crippen molar-refractivity contribution in [2.75, 3.05) is 0 Å². The zero-order valence-electron chi connectivity index (χ0n) is 26.7. The summed E-state index contributed by atoms with van der Waals surface area (Å²) in [6.07, 6.45) is 0. The Morgan fingerprint density at radius 2 is 0.694 bits per heavy atom. The van der Waals surface area contributed by atoms with Gasteiger partial charge in [0.25, 0.3) is 0 Å². The Kier molecular flexibility index (Phi) is 6.25. The van der Waals surface area contributed by atoms with Crippen LogP contribution in [0, 0.1) is 0 Å². The van der Waals surface area contributed by atoms with Gasteiger partial charge in [0.1, 0.15) is 11.5 Å². The highest BCUT2D eigenvalue weighted by molar-refractivity contribution is 6.24. The van der Waals surface area contributed by atoms with Crippen molar-refractivity contribution in [2.24, 2.45) is 0 Å². The predicted molar refractivity (Wildman–Crippen MR) is 206 cm³/mol. The number of ether oxygens (including phenoxy) is 1. The summed E-state index contributed by atoms with van der Waals surface area (Å²) in [5.74, 6) is 1.82. The highest BCUT2D eigenvalue weighted by Gasteiger charge is 2.23. The van der Waals surface area contributed by atoms with Crippen LogP contribution in [0.1, 0.15) is 0 Å². The minimum Gasteiger partial charge on any atom is -0.456 e. The molecule has 0 radical (unpaired) electrons. The van der Waals surface area contributed by atoms with Gasteiger partial charge in [0, 0.05) is 10.9 Å². The minimum atomic E-state index is 0.908. The third-order valence-corrected chi connectivity index (χ3v) is 10.1. The molecular weight excluding hydrogens is 593 g/mol. The average molecular weight is 623 g/mol. The molecule has 10 rings (SSSR count). The van der Waals surface area contributed by atoms with Crippen LogP contribution >= 0.6 is 0 Å². The van der Waals surface area contributed by atoms with Crippen molar-refractivity contribution in [3.8, 4) is 67.1 Å². The Morgan fingerprint density at radius 3 is 1.33 bits per heavy atom. The van der Waals surface area contributed by atoms with Crippen molar-refractivity contribution < 1.29 is 4.74 Å². The van der Waals surface area contributed by atoms with Gasteiger partial charge in [-0.15, -0.1) is 0 Å². The molecule has 0 fully saturated rings. The number of rotatable bonds is 4. The maximum atomic E-state index is 6.46. The van der Waals surface area contributed by atoms with Gasteiger partial charge < -0.3 is 4.74 Å². The van der Waals surface area contributed by atoms with Crippen molar-refractivity contribution in [3.05, 3.63) is 182 Å². The van der Waals surface area contributed by atoms with E-state index in [1.807, 2.05) is 6.07 Å². The van der Waals surface area contributed by atoms with Gasteiger partial charge in [0.15, 0.2) is 0 Å². The maximum Gasteiger partial charge on any atom is 0.135 e. The van der Waals surface area contributed by atoms with E-state index < -0.39 is 0 Å². The normalized spacial score (nSPS) is 11.8. The molecular formula is C48H30O. The highest BCUT2D eigenvalue weighted by Crippen LogP contribution is 2.51. The van der Waals surface area contributed by atoms with Crippen LogP contribution in [0.4, 0.5) is 0 Å². The quantitative estimate of drug-likeness (QED) is 0.177. The summed E-state index contributed by atoms with van der Waals surface area (Å²) in [6.45, 7) is 0. The Hall–Kier alpha value is -6.44. The molecule has 9 aromatic carbocycles. The van der Waals surface area contributed by atoms with Crippen LogP contribution in [-0.4, -0.2) is 0 Å². The molecule has 1 aliphatic heterocycles. The van der Waals surface area contributed by atoms with Gasteiger partial charge in [-0.05, 0) is 89.1 Å². The van der Waals surface area contributed by atoms with Crippen molar-refractivity contribution in [1.29, 1.82) is 0 Å². The monoisotopic (exact) mass is 622 g/mol. The van der Waals surface area contributed by atoms with Gasteiger partial charge in [-0.3, -0.25) is 0 Å². The summed E-state index contributed by atoms with van der Waals surface area (Å²) in [7, 11) is 0. The van der Waals surface area contributed by atoms with Crippen LogP contribution in [-0.2, 0) is 0 Å². The van der Waals surface area contributed by atoms with Gasteiger partial charge in [0.05, 0.1) is 0 Å². The summed E-state index contributed by atoms with van der Waals surface area (Å²) in [4.78, 5) is 0. The second-order valence-corrected chi connectivity index (χ2v) is 12.8. The van der Waals surface area contributed by atoms with Gasteiger partial charge in [0.2, 0.25) is 0 Å². The second kappa shape index (κ2) is 11.1. The molecule has 1 nitrogen and oxygen atoms in total. The zero-order valence-corrected chi connectivity index (χ0v) is 26.7. The first-order valence-electron chi connectivity index (χ1n) is 16.8. The molecule has 0 unspecified atom stereocenters. The molecule has 49 heavy (non-hydrogen) atoms. The van der Waals surface area contributed by atoms with E-state index in [0.29, 0.717) is 0 Å². The molecule has 9 aromatic rings. The molecule has 1 aliphatic rings. The maximum absolute atomic E-state index is 6.46. The Labute approximate surface area is 285 Å². The number of fused-ring (bicyclic) bond motifs is 4. The molecule has 1 heteroatoms. The third-order valence-electron chi connectivity index (χ3n) is 10.1. The van der Waals surface area contributed by atoms with Crippen molar-refractivity contribution in [1.82, 2.24) is 0 Å². The van der Waals surface area contributed by atoms with Crippen LogP contribution in [0.25, 0.3) is 88.0 Å². The van der Waals surface area contributed by atoms with Crippen molar-refractivity contribution in [3.63, 3.8) is 0 Å². The molecule has 228 valence electrons. The van der Waals surface area contributed by atoms with E-state index in [9.17, 15) is 0 Å². The number of hydrogen-bond acceptors (Lipinski definition) is 1. The Morgan fingerprint density at radius 1 is 0.245 bits per heavy atom. The highest BCUT2D eigenvalue weighted by atomic mass is 16.5. The molecule has 0 bridgehead atoms. The van der Waals surface area contributed by atoms with Crippen molar-refractivity contribution in [2.45, 2.75) is 0 Å². The largest absolute Gasteiger partial charge is 0.456 e. The fraction of sp³-hybridized carbons (Fsp3) is 0. The molecule has 0 amide bonds. The SMILES string of the molecule is c1ccc(-c2ccc(-c3ccc(-c4c5ccccc5c(-c5ccc6c7c(cccc57)Oc5ccccc5-6)c5ccccc45)cc3)cc2)cc1. The van der Waals surface area contributed by atoms with Gasteiger partial charge >= 0.3 is 0 Å². The zero-order chi connectivity index (χ0) is 32.3. The first kappa shape index (κ1) is 27.7. The third kappa shape index (κ3) is 4.40. The summed E-state index contributed by atoms with van der Waals surface area (Å²) in [5.41, 5.74) is 12.2. The van der Waals surface area contributed by atoms with Gasteiger partial charge in [-0.25, -0.2) is 0 Å². The first-order valence-corrected chi connectivity index (χ1v) is 16.8. The fourth-order valence-electron chi connectivity index (χ4n) is 7.84. The Bertz CT molecular complexity index is 2650. The summed E-state index contributed by atoms with van der Waals surface area (Å²) in [6, 6.07) is 65.7. The number of para-hydroxylation sites is 1. The lowest BCUT2D eigenvalue weighted by Crippen LogP contribution is -1.98. The molecule has 0 aromatic heterocycles. The van der Waals surface area contributed by atoms with Crippen LogP contribution in [0.15, 0.2) is 182 Å². The predicted octanol–water partition coefficient (Wildman–Crippen LogP) is 13.6. The summed E-state index contributed by atoms with van der Waals surface area (Å²) < 4.78 is 6.46. The van der Waals surface area contributed by atoms with E-state index in [0.717, 1.165) is 17.1 Å². The summed E-state index contributed by atoms with van der Waals surface area (Å²) >= 11 is 0. The minimum absolute atomic E-state index is 0.908. The molecule has 0 atom stereocenters. The lowest BCUT2D eigenvalue weighted by Gasteiger charge is -2.24. The lowest BCUT2D eigenvalue weighted by molar-refractivity contribution is 0.487. The molecule has 0 spiro atoms. The average Bonchev–Trinajstić information content (AvgIpc) is 3.18. The van der Waals surface area contributed by atoms with E-state index in [2.05, 4.69) is 176 Å². The van der Waals surface area contributed by atoms with Crippen LogP contribution in [0.5, 0.6) is 11.5 Å². The molecule has 1 heterocycles. The van der Waals surface area contributed by atoms with Crippen LogP contribution in [0.3, 0.4) is 0 Å². The molecule has 0 aliphatic carbocycles. The summed E-state index contributed by atoms with van der Waals surface area (Å²) in [5, 5.41) is 7.36. The molecule has 0 N–H and O–H groups in total. The smallest absolute Gasteiger partial charge is 0.135 e. The molecule has 0 saturated heterocycles. The van der Waals surface area contributed by atoms with E-state index in [4.69, 9.17) is 4.74 Å². The number of benzene rings is 9. The standard InChI is InChI=1S/C48H30O/c1-2-11-31(12-3-1)32-21-23-33(24-22-32)34-25-27-35(28-26-34)46-37-14-4-6-16-39(37)47(40-17-7-5-15-38(40)46)43-30-29-42-36-13-8-9-19-44(36)49-45-20-10-18-41(43)48(42)45/h1-30H. The van der Waals surface area contributed by atoms with Crippen LogP contribution < -0.4 is 4.74 Å². The van der Waals surface area contributed by atoms with E-state index in [1.54, 1.807) is 0 Å².